The first kappa shape index (κ1) is 14.8. The number of rotatable bonds is 4. The molecule has 0 aliphatic rings. The van der Waals surface area contributed by atoms with Crippen LogP contribution in [0.5, 0.6) is 5.75 Å². The number of benzene rings is 1. The second-order valence-electron chi connectivity index (χ2n) is 4.80. The molecule has 0 fully saturated rings. The molecule has 0 aliphatic carbocycles. The normalized spacial score (nSPS) is 12.2. The topological polar surface area (TPSA) is 34.2 Å². The second-order valence-corrected chi connectivity index (χ2v) is 5.21. The van der Waals surface area contributed by atoms with Gasteiger partial charge in [-0.3, -0.25) is 4.98 Å². The molecule has 1 unspecified atom stereocenters. The van der Waals surface area contributed by atoms with Crippen LogP contribution in [0, 0.1) is 13.8 Å². The largest absolute Gasteiger partial charge is 0.495 e. The Morgan fingerprint density at radius 3 is 2.30 bits per heavy atom. The third-order valence-electron chi connectivity index (χ3n) is 3.23. The summed E-state index contributed by atoms with van der Waals surface area (Å²) in [5.41, 5.74) is 4.32. The highest BCUT2D eigenvalue weighted by Crippen LogP contribution is 2.30. The van der Waals surface area contributed by atoms with Crippen molar-refractivity contribution in [2.75, 3.05) is 14.2 Å². The zero-order valence-electron chi connectivity index (χ0n) is 12.2. The quantitative estimate of drug-likeness (QED) is 0.933. The lowest BCUT2D eigenvalue weighted by Gasteiger charge is -2.19. The number of hydrogen-bond acceptors (Lipinski definition) is 3. The van der Waals surface area contributed by atoms with Gasteiger partial charge in [-0.05, 0) is 56.3 Å². The predicted molar refractivity (Wildman–Crippen MR) is 82.6 cm³/mol. The third-order valence-corrected chi connectivity index (χ3v) is 3.55. The third kappa shape index (κ3) is 3.11. The number of hydrogen-bond donors (Lipinski definition) is 1. The minimum Gasteiger partial charge on any atom is -0.495 e. The van der Waals surface area contributed by atoms with E-state index in [1.54, 1.807) is 7.11 Å². The summed E-state index contributed by atoms with van der Waals surface area (Å²) in [6, 6.07) is 10.1. The zero-order chi connectivity index (χ0) is 14.7. The van der Waals surface area contributed by atoms with Crippen molar-refractivity contribution in [2.45, 2.75) is 19.9 Å². The molecule has 0 amide bonds. The smallest absolute Gasteiger partial charge is 0.137 e. The molecular formula is C16H19ClN2O. The van der Waals surface area contributed by atoms with E-state index in [1.165, 1.54) is 5.56 Å². The second kappa shape index (κ2) is 6.25. The number of aryl methyl sites for hydroxylation is 2. The molecule has 4 heteroatoms. The molecule has 3 nitrogen and oxygen atoms in total. The molecule has 0 saturated heterocycles. The summed E-state index contributed by atoms with van der Waals surface area (Å²) in [6.45, 7) is 4.01. The number of nitrogens with zero attached hydrogens (tertiary/aromatic N) is 1. The standard InChI is InChI=1S/C16H19ClN2O/c1-10-7-13(8-11(2)19-10)16(18-3)12-5-6-14(17)15(9-12)20-4/h5-9,16,18H,1-4H3. The number of methoxy groups -OCH3 is 1. The van der Waals surface area contributed by atoms with E-state index >= 15 is 0 Å². The molecule has 0 saturated carbocycles. The molecule has 1 N–H and O–H groups in total. The Morgan fingerprint density at radius 2 is 1.75 bits per heavy atom. The van der Waals surface area contributed by atoms with E-state index in [4.69, 9.17) is 16.3 Å². The summed E-state index contributed by atoms with van der Waals surface area (Å²) in [6.07, 6.45) is 0. The maximum absolute atomic E-state index is 6.09. The Morgan fingerprint density at radius 1 is 1.10 bits per heavy atom. The van der Waals surface area contributed by atoms with E-state index < -0.39 is 0 Å². The zero-order valence-corrected chi connectivity index (χ0v) is 13.0. The fourth-order valence-corrected chi connectivity index (χ4v) is 2.61. The molecule has 1 heterocycles. The molecule has 0 radical (unpaired) electrons. The summed E-state index contributed by atoms with van der Waals surface area (Å²) in [7, 11) is 3.57. The van der Waals surface area contributed by atoms with E-state index in [9.17, 15) is 0 Å². The Balaban J connectivity index is 2.46. The highest BCUT2D eigenvalue weighted by atomic mass is 35.5. The van der Waals surface area contributed by atoms with Gasteiger partial charge in [-0.2, -0.15) is 0 Å². The van der Waals surface area contributed by atoms with Crippen LogP contribution in [-0.4, -0.2) is 19.1 Å². The van der Waals surface area contributed by atoms with Gasteiger partial charge in [-0.15, -0.1) is 0 Å². The van der Waals surface area contributed by atoms with Crippen LogP contribution in [0.1, 0.15) is 28.6 Å². The van der Waals surface area contributed by atoms with Crippen LogP contribution in [0.15, 0.2) is 30.3 Å². The number of aromatic nitrogens is 1. The summed E-state index contributed by atoms with van der Waals surface area (Å²) in [5, 5.41) is 3.95. The SMILES string of the molecule is CNC(c1cc(C)nc(C)c1)c1ccc(Cl)c(OC)c1. The van der Waals surface area contributed by atoms with E-state index in [0.717, 1.165) is 17.0 Å². The molecule has 1 atom stereocenters. The lowest BCUT2D eigenvalue weighted by Crippen LogP contribution is -2.18. The number of halogens is 1. The van der Waals surface area contributed by atoms with Crippen molar-refractivity contribution in [3.63, 3.8) is 0 Å². The molecule has 2 rings (SSSR count). The minimum absolute atomic E-state index is 0.0848. The van der Waals surface area contributed by atoms with E-state index in [1.807, 2.05) is 39.1 Å². The van der Waals surface area contributed by atoms with Gasteiger partial charge in [0.05, 0.1) is 18.2 Å². The molecule has 106 valence electrons. The molecule has 0 aliphatic heterocycles. The lowest BCUT2D eigenvalue weighted by atomic mass is 9.98. The van der Waals surface area contributed by atoms with Crippen LogP contribution >= 0.6 is 11.6 Å². The van der Waals surface area contributed by atoms with Crippen LogP contribution in [0.4, 0.5) is 0 Å². The first-order chi connectivity index (χ1) is 9.55. The van der Waals surface area contributed by atoms with Gasteiger partial charge in [0, 0.05) is 11.4 Å². The van der Waals surface area contributed by atoms with Gasteiger partial charge in [0.1, 0.15) is 5.75 Å². The van der Waals surface area contributed by atoms with Gasteiger partial charge in [0.2, 0.25) is 0 Å². The average Bonchev–Trinajstić information content (AvgIpc) is 2.40. The van der Waals surface area contributed by atoms with Crippen LogP contribution in [-0.2, 0) is 0 Å². The van der Waals surface area contributed by atoms with Crippen molar-refractivity contribution >= 4 is 11.6 Å². The molecule has 2 aromatic rings. The molecule has 0 bridgehead atoms. The van der Waals surface area contributed by atoms with Gasteiger partial charge in [0.25, 0.3) is 0 Å². The maximum Gasteiger partial charge on any atom is 0.137 e. The van der Waals surface area contributed by atoms with Gasteiger partial charge >= 0.3 is 0 Å². The molecule has 0 spiro atoms. The molecular weight excluding hydrogens is 272 g/mol. The van der Waals surface area contributed by atoms with E-state index in [-0.39, 0.29) is 6.04 Å². The van der Waals surface area contributed by atoms with Crippen LogP contribution < -0.4 is 10.1 Å². The average molecular weight is 291 g/mol. The van der Waals surface area contributed by atoms with Crippen molar-refractivity contribution < 1.29 is 4.74 Å². The molecule has 1 aromatic carbocycles. The van der Waals surface area contributed by atoms with Gasteiger partial charge < -0.3 is 10.1 Å². The van der Waals surface area contributed by atoms with Gasteiger partial charge in [-0.1, -0.05) is 17.7 Å². The first-order valence-electron chi connectivity index (χ1n) is 6.51. The summed E-state index contributed by atoms with van der Waals surface area (Å²) >= 11 is 6.09. The maximum atomic E-state index is 6.09. The van der Waals surface area contributed by atoms with E-state index in [2.05, 4.69) is 22.4 Å². The Bertz CT molecular complexity index is 593. The summed E-state index contributed by atoms with van der Waals surface area (Å²) in [4.78, 5) is 4.42. The number of pyridine rings is 1. The fraction of sp³-hybridized carbons (Fsp3) is 0.312. The summed E-state index contributed by atoms with van der Waals surface area (Å²) in [5.74, 6) is 0.687. The number of ether oxygens (including phenoxy) is 1. The van der Waals surface area contributed by atoms with Gasteiger partial charge in [0.15, 0.2) is 0 Å². The monoisotopic (exact) mass is 290 g/mol. The Labute approximate surface area is 124 Å². The molecule has 20 heavy (non-hydrogen) atoms. The first-order valence-corrected chi connectivity index (χ1v) is 6.89. The van der Waals surface area contributed by atoms with Gasteiger partial charge in [-0.25, -0.2) is 0 Å². The van der Waals surface area contributed by atoms with Crippen molar-refractivity contribution in [1.29, 1.82) is 0 Å². The predicted octanol–water partition coefficient (Wildman–Crippen LogP) is 3.67. The van der Waals surface area contributed by atoms with Crippen molar-refractivity contribution in [2.24, 2.45) is 0 Å². The highest BCUT2D eigenvalue weighted by molar-refractivity contribution is 6.32. The molecule has 1 aromatic heterocycles. The van der Waals surface area contributed by atoms with Crippen LogP contribution in [0.25, 0.3) is 0 Å². The lowest BCUT2D eigenvalue weighted by molar-refractivity contribution is 0.414. The fourth-order valence-electron chi connectivity index (χ4n) is 2.42. The van der Waals surface area contributed by atoms with Crippen LogP contribution in [0.3, 0.4) is 0 Å². The van der Waals surface area contributed by atoms with E-state index in [0.29, 0.717) is 10.8 Å². The van der Waals surface area contributed by atoms with Crippen molar-refractivity contribution in [1.82, 2.24) is 10.3 Å². The minimum atomic E-state index is 0.0848. The highest BCUT2D eigenvalue weighted by Gasteiger charge is 2.15. The Hall–Kier alpha value is -1.58. The summed E-state index contributed by atoms with van der Waals surface area (Å²) < 4.78 is 5.29. The van der Waals surface area contributed by atoms with Crippen LogP contribution in [0.2, 0.25) is 5.02 Å². The number of nitrogens with one attached hydrogen (secondary N) is 1. The van der Waals surface area contributed by atoms with Crippen molar-refractivity contribution in [3.05, 3.63) is 57.9 Å². The van der Waals surface area contributed by atoms with Crippen molar-refractivity contribution in [3.8, 4) is 5.75 Å². The Kier molecular flexibility index (Phi) is 4.63.